The van der Waals surface area contributed by atoms with E-state index >= 15 is 0 Å². The zero-order chi connectivity index (χ0) is 15.2. The van der Waals surface area contributed by atoms with E-state index in [1.54, 1.807) is 12.1 Å². The van der Waals surface area contributed by atoms with Crippen LogP contribution in [0.25, 0.3) is 0 Å². The molecule has 0 aliphatic carbocycles. The van der Waals surface area contributed by atoms with E-state index < -0.39 is 31.3 Å². The van der Waals surface area contributed by atoms with Crippen molar-refractivity contribution in [2.45, 2.75) is 19.4 Å². The average Bonchev–Trinajstić information content (AvgIpc) is 2.42. The molecule has 0 saturated carbocycles. The Balaban J connectivity index is 2.59. The highest BCUT2D eigenvalue weighted by atomic mass is 16.5. The molecule has 0 bridgehead atoms. The molecular weight excluding hydrogens is 262 g/mol. The van der Waals surface area contributed by atoms with Gasteiger partial charge in [0.25, 0.3) is 5.91 Å². The molecule has 0 unspecified atom stereocenters. The predicted molar refractivity (Wildman–Crippen MR) is 73.5 cm³/mol. The standard InChI is InChI=1S/C14H21NO5/c1-10-3-11(2)5-12(4-10)20-6-13(19)15-14(7-16,8-17)9-18/h3-5,16-18H,6-9H2,1-2H3,(H,15,19). The molecule has 112 valence electrons. The molecule has 6 nitrogen and oxygen atoms in total. The third-order valence-corrected chi connectivity index (χ3v) is 2.88. The highest BCUT2D eigenvalue weighted by Gasteiger charge is 2.29. The molecule has 1 amide bonds. The van der Waals surface area contributed by atoms with Gasteiger partial charge < -0.3 is 25.4 Å². The van der Waals surface area contributed by atoms with Crippen LogP contribution in [0.15, 0.2) is 18.2 Å². The number of hydrogen-bond acceptors (Lipinski definition) is 5. The number of amides is 1. The van der Waals surface area contributed by atoms with Crippen LogP contribution >= 0.6 is 0 Å². The second-order valence-electron chi connectivity index (χ2n) is 4.91. The van der Waals surface area contributed by atoms with Crippen molar-refractivity contribution in [2.24, 2.45) is 0 Å². The second-order valence-corrected chi connectivity index (χ2v) is 4.91. The second kappa shape index (κ2) is 7.23. The Morgan fingerprint density at radius 3 is 2.05 bits per heavy atom. The van der Waals surface area contributed by atoms with Gasteiger partial charge in [-0.2, -0.15) is 0 Å². The lowest BCUT2D eigenvalue weighted by atomic mass is 10.0. The molecule has 0 aliphatic heterocycles. The zero-order valence-electron chi connectivity index (χ0n) is 11.7. The van der Waals surface area contributed by atoms with Crippen LogP contribution in [0.2, 0.25) is 0 Å². The van der Waals surface area contributed by atoms with Crippen LogP contribution in [-0.4, -0.2) is 53.2 Å². The first kappa shape index (κ1) is 16.4. The maximum atomic E-state index is 11.7. The van der Waals surface area contributed by atoms with Crippen molar-refractivity contribution in [3.05, 3.63) is 29.3 Å². The van der Waals surface area contributed by atoms with Crippen molar-refractivity contribution in [3.63, 3.8) is 0 Å². The lowest BCUT2D eigenvalue weighted by molar-refractivity contribution is -0.127. The fourth-order valence-corrected chi connectivity index (χ4v) is 1.77. The van der Waals surface area contributed by atoms with Gasteiger partial charge in [0.05, 0.1) is 19.8 Å². The molecule has 0 spiro atoms. The van der Waals surface area contributed by atoms with Crippen molar-refractivity contribution in [1.29, 1.82) is 0 Å². The Kier molecular flexibility index (Phi) is 5.94. The quantitative estimate of drug-likeness (QED) is 0.541. The summed E-state index contributed by atoms with van der Waals surface area (Å²) >= 11 is 0. The van der Waals surface area contributed by atoms with Crippen LogP contribution in [0.1, 0.15) is 11.1 Å². The van der Waals surface area contributed by atoms with Gasteiger partial charge in [-0.1, -0.05) is 6.07 Å². The lowest BCUT2D eigenvalue weighted by Gasteiger charge is -2.28. The molecule has 0 fully saturated rings. The van der Waals surface area contributed by atoms with Gasteiger partial charge in [-0.15, -0.1) is 0 Å². The molecule has 1 rings (SSSR count). The van der Waals surface area contributed by atoms with E-state index in [0.29, 0.717) is 5.75 Å². The van der Waals surface area contributed by atoms with Crippen molar-refractivity contribution in [1.82, 2.24) is 5.32 Å². The van der Waals surface area contributed by atoms with Gasteiger partial charge in [0.15, 0.2) is 6.61 Å². The molecule has 1 aromatic carbocycles. The fraction of sp³-hybridized carbons (Fsp3) is 0.500. The number of carbonyl (C=O) groups is 1. The Hall–Kier alpha value is -1.63. The number of aliphatic hydroxyl groups excluding tert-OH is 3. The number of aliphatic hydroxyl groups is 3. The maximum absolute atomic E-state index is 11.7. The van der Waals surface area contributed by atoms with Gasteiger partial charge in [-0.05, 0) is 37.1 Å². The van der Waals surface area contributed by atoms with Crippen LogP contribution in [-0.2, 0) is 4.79 Å². The summed E-state index contributed by atoms with van der Waals surface area (Å²) in [5, 5.41) is 29.7. The van der Waals surface area contributed by atoms with Crippen molar-refractivity contribution < 1.29 is 24.9 Å². The number of nitrogens with one attached hydrogen (secondary N) is 1. The Bertz CT molecular complexity index is 428. The molecular formula is C14H21NO5. The topological polar surface area (TPSA) is 99.0 Å². The smallest absolute Gasteiger partial charge is 0.258 e. The molecule has 0 radical (unpaired) electrons. The first-order valence-corrected chi connectivity index (χ1v) is 6.29. The van der Waals surface area contributed by atoms with E-state index in [0.717, 1.165) is 11.1 Å². The van der Waals surface area contributed by atoms with Gasteiger partial charge >= 0.3 is 0 Å². The van der Waals surface area contributed by atoms with Gasteiger partial charge in [-0.25, -0.2) is 0 Å². The summed E-state index contributed by atoms with van der Waals surface area (Å²) < 4.78 is 5.35. The highest BCUT2D eigenvalue weighted by Crippen LogP contribution is 2.16. The molecule has 4 N–H and O–H groups in total. The molecule has 0 aliphatic rings. The SMILES string of the molecule is Cc1cc(C)cc(OCC(=O)NC(CO)(CO)CO)c1. The lowest BCUT2D eigenvalue weighted by Crippen LogP contribution is -2.58. The molecule has 20 heavy (non-hydrogen) atoms. The Labute approximate surface area is 118 Å². The van der Waals surface area contributed by atoms with E-state index in [4.69, 9.17) is 20.1 Å². The van der Waals surface area contributed by atoms with Crippen molar-refractivity contribution in [2.75, 3.05) is 26.4 Å². The number of aryl methyl sites for hydroxylation is 2. The van der Waals surface area contributed by atoms with Crippen molar-refractivity contribution >= 4 is 5.91 Å². The number of rotatable bonds is 7. The third-order valence-electron chi connectivity index (χ3n) is 2.88. The minimum atomic E-state index is -1.43. The fourth-order valence-electron chi connectivity index (χ4n) is 1.77. The number of hydrogen-bond donors (Lipinski definition) is 4. The average molecular weight is 283 g/mol. The van der Waals surface area contributed by atoms with Gasteiger partial charge in [0.1, 0.15) is 11.3 Å². The van der Waals surface area contributed by atoms with Crippen LogP contribution < -0.4 is 10.1 Å². The third kappa shape index (κ3) is 4.48. The summed E-state index contributed by atoms with van der Waals surface area (Å²) in [6.07, 6.45) is 0. The first-order valence-electron chi connectivity index (χ1n) is 6.29. The van der Waals surface area contributed by atoms with Crippen LogP contribution in [0.3, 0.4) is 0 Å². The maximum Gasteiger partial charge on any atom is 0.258 e. The van der Waals surface area contributed by atoms with E-state index in [1.807, 2.05) is 19.9 Å². The summed E-state index contributed by atoms with van der Waals surface area (Å²) in [5.74, 6) is 0.0431. The normalized spacial score (nSPS) is 11.2. The van der Waals surface area contributed by atoms with Gasteiger partial charge in [0, 0.05) is 0 Å². The highest BCUT2D eigenvalue weighted by molar-refractivity contribution is 5.78. The van der Waals surface area contributed by atoms with E-state index in [1.165, 1.54) is 0 Å². The van der Waals surface area contributed by atoms with E-state index in [9.17, 15) is 4.79 Å². The van der Waals surface area contributed by atoms with Gasteiger partial charge in [0.2, 0.25) is 0 Å². The Morgan fingerprint density at radius 2 is 1.60 bits per heavy atom. The van der Waals surface area contributed by atoms with Crippen molar-refractivity contribution in [3.8, 4) is 5.75 Å². The molecule has 6 heteroatoms. The zero-order valence-corrected chi connectivity index (χ0v) is 11.7. The minimum absolute atomic E-state index is 0.259. The molecule has 1 aromatic rings. The minimum Gasteiger partial charge on any atom is -0.484 e. The summed E-state index contributed by atoms with van der Waals surface area (Å²) in [5.41, 5.74) is 0.620. The monoisotopic (exact) mass is 283 g/mol. The molecule has 0 aromatic heterocycles. The number of ether oxygens (including phenoxy) is 1. The summed E-state index contributed by atoms with van der Waals surface area (Å²) in [7, 11) is 0. The molecule has 0 atom stereocenters. The first-order chi connectivity index (χ1) is 9.44. The predicted octanol–water partition coefficient (Wildman–Crippen LogP) is -0.486. The number of carbonyl (C=O) groups excluding carboxylic acids is 1. The molecule has 0 saturated heterocycles. The van der Waals surface area contributed by atoms with Crippen LogP contribution in [0.5, 0.6) is 5.75 Å². The Morgan fingerprint density at radius 1 is 1.10 bits per heavy atom. The van der Waals surface area contributed by atoms with E-state index in [-0.39, 0.29) is 6.61 Å². The van der Waals surface area contributed by atoms with Crippen LogP contribution in [0, 0.1) is 13.8 Å². The summed E-state index contributed by atoms with van der Waals surface area (Å²) in [6.45, 7) is 1.91. The van der Waals surface area contributed by atoms with Crippen LogP contribution in [0.4, 0.5) is 0 Å². The summed E-state index contributed by atoms with van der Waals surface area (Å²) in [4.78, 5) is 11.7. The summed E-state index contributed by atoms with van der Waals surface area (Å²) in [6, 6.07) is 5.59. The largest absolute Gasteiger partial charge is 0.484 e. The van der Waals surface area contributed by atoms with E-state index in [2.05, 4.69) is 5.32 Å². The number of benzene rings is 1. The molecule has 0 heterocycles. The van der Waals surface area contributed by atoms with Gasteiger partial charge in [-0.3, -0.25) is 4.79 Å².